The van der Waals surface area contributed by atoms with E-state index in [9.17, 15) is 4.79 Å². The fourth-order valence-corrected chi connectivity index (χ4v) is 4.78. The highest BCUT2D eigenvalue weighted by atomic mass is 16.5. The maximum absolute atomic E-state index is 13.5. The molecule has 3 aromatic rings. The summed E-state index contributed by atoms with van der Waals surface area (Å²) >= 11 is 0. The molecule has 2 amide bonds. The molecule has 1 fully saturated rings. The number of rotatable bonds is 9. The van der Waals surface area contributed by atoms with Crippen molar-refractivity contribution >= 4 is 17.6 Å². The Balaban J connectivity index is 1.66. The summed E-state index contributed by atoms with van der Waals surface area (Å²) in [5.41, 5.74) is 4.68. The van der Waals surface area contributed by atoms with Crippen LogP contribution in [-0.4, -0.2) is 61.3 Å². The predicted molar refractivity (Wildman–Crippen MR) is 146 cm³/mol. The van der Waals surface area contributed by atoms with Crippen LogP contribution in [0.2, 0.25) is 0 Å². The van der Waals surface area contributed by atoms with E-state index in [-0.39, 0.29) is 6.03 Å². The largest absolute Gasteiger partial charge is 0.340 e. The third kappa shape index (κ3) is 6.46. The van der Waals surface area contributed by atoms with Gasteiger partial charge in [0.05, 0.1) is 12.1 Å². The fourth-order valence-electron chi connectivity index (χ4n) is 4.78. The molecular weight excluding hydrogens is 450 g/mol. The Morgan fingerprint density at radius 3 is 2.33 bits per heavy atom. The summed E-state index contributed by atoms with van der Waals surface area (Å²) in [6, 6.07) is 18.3. The van der Waals surface area contributed by atoms with Crippen LogP contribution < -0.4 is 10.2 Å². The SMILES string of the molecule is Cc1ccc(NC(=O)N(CCN(C)C)Cc2c(-c3ccccc3)noc2N(C)C2CCCCC2)cc1. The minimum Gasteiger partial charge on any atom is -0.340 e. The van der Waals surface area contributed by atoms with E-state index in [1.165, 1.54) is 19.3 Å². The molecule has 2 aromatic carbocycles. The molecule has 0 bridgehead atoms. The lowest BCUT2D eigenvalue weighted by Crippen LogP contribution is -2.40. The van der Waals surface area contributed by atoms with E-state index in [0.717, 1.165) is 53.3 Å². The van der Waals surface area contributed by atoms with Crippen LogP contribution in [0.25, 0.3) is 11.3 Å². The first kappa shape index (κ1) is 25.8. The van der Waals surface area contributed by atoms with Crippen LogP contribution in [0.4, 0.5) is 16.4 Å². The van der Waals surface area contributed by atoms with Crippen molar-refractivity contribution in [3.05, 3.63) is 65.7 Å². The van der Waals surface area contributed by atoms with Gasteiger partial charge >= 0.3 is 6.03 Å². The number of aryl methyl sites for hydroxylation is 1. The van der Waals surface area contributed by atoms with Gasteiger partial charge in [-0.25, -0.2) is 4.79 Å². The molecule has 1 heterocycles. The highest BCUT2D eigenvalue weighted by Crippen LogP contribution is 2.35. The van der Waals surface area contributed by atoms with Crippen molar-refractivity contribution in [2.45, 2.75) is 51.6 Å². The minimum absolute atomic E-state index is 0.132. The maximum atomic E-state index is 13.5. The molecule has 0 radical (unpaired) electrons. The van der Waals surface area contributed by atoms with E-state index in [1.54, 1.807) is 0 Å². The van der Waals surface area contributed by atoms with Crippen molar-refractivity contribution in [2.75, 3.05) is 44.4 Å². The van der Waals surface area contributed by atoms with E-state index in [1.807, 2.05) is 80.5 Å². The van der Waals surface area contributed by atoms with Gasteiger partial charge in [-0.1, -0.05) is 72.4 Å². The Morgan fingerprint density at radius 1 is 0.972 bits per heavy atom. The number of amides is 2. The van der Waals surface area contributed by atoms with Gasteiger partial charge in [0.2, 0.25) is 5.88 Å². The summed E-state index contributed by atoms with van der Waals surface area (Å²) in [4.78, 5) is 19.7. The van der Waals surface area contributed by atoms with Crippen LogP contribution in [0.3, 0.4) is 0 Å². The highest BCUT2D eigenvalue weighted by molar-refractivity contribution is 5.89. The van der Waals surface area contributed by atoms with Gasteiger partial charge in [-0.15, -0.1) is 0 Å². The normalized spacial score (nSPS) is 14.1. The summed E-state index contributed by atoms with van der Waals surface area (Å²) in [5, 5.41) is 7.60. The number of aromatic nitrogens is 1. The summed E-state index contributed by atoms with van der Waals surface area (Å²) in [6.45, 7) is 3.78. The van der Waals surface area contributed by atoms with E-state index in [4.69, 9.17) is 4.52 Å². The smallest absolute Gasteiger partial charge is 0.322 e. The Labute approximate surface area is 215 Å². The molecule has 0 saturated heterocycles. The standard InChI is InChI=1S/C29H39N5O2/c1-22-15-17-24(18-16-22)30-29(35)34(20-19-32(2)3)21-26-27(23-11-7-5-8-12-23)31-36-28(26)33(4)25-13-9-6-10-14-25/h5,7-8,11-12,15-18,25H,6,9-10,13-14,19-21H2,1-4H3,(H,30,35). The van der Waals surface area contributed by atoms with Crippen LogP contribution in [0, 0.1) is 6.92 Å². The summed E-state index contributed by atoms with van der Waals surface area (Å²) < 4.78 is 6.01. The van der Waals surface area contributed by atoms with Crippen molar-refractivity contribution in [3.63, 3.8) is 0 Å². The van der Waals surface area contributed by atoms with Crippen LogP contribution in [0.1, 0.15) is 43.2 Å². The highest BCUT2D eigenvalue weighted by Gasteiger charge is 2.28. The van der Waals surface area contributed by atoms with E-state index >= 15 is 0 Å². The first-order chi connectivity index (χ1) is 17.4. The molecule has 0 unspecified atom stereocenters. The number of anilines is 2. The lowest BCUT2D eigenvalue weighted by molar-refractivity contribution is 0.202. The minimum atomic E-state index is -0.132. The third-order valence-corrected chi connectivity index (χ3v) is 7.01. The van der Waals surface area contributed by atoms with Crippen LogP contribution in [0.5, 0.6) is 0 Å². The zero-order chi connectivity index (χ0) is 25.5. The Kier molecular flexibility index (Phi) is 8.65. The third-order valence-electron chi connectivity index (χ3n) is 7.01. The molecule has 1 aromatic heterocycles. The molecule has 36 heavy (non-hydrogen) atoms. The molecular formula is C29H39N5O2. The monoisotopic (exact) mass is 489 g/mol. The second-order valence-electron chi connectivity index (χ2n) is 10.1. The number of nitrogens with one attached hydrogen (secondary N) is 1. The van der Waals surface area contributed by atoms with Crippen LogP contribution >= 0.6 is 0 Å². The molecule has 7 nitrogen and oxygen atoms in total. The second-order valence-corrected chi connectivity index (χ2v) is 10.1. The van der Waals surface area contributed by atoms with Crippen LogP contribution in [0.15, 0.2) is 59.1 Å². The molecule has 1 N–H and O–H groups in total. The molecule has 1 aliphatic carbocycles. The number of carbonyl (C=O) groups is 1. The van der Waals surface area contributed by atoms with E-state index < -0.39 is 0 Å². The number of likely N-dealkylation sites (N-methyl/N-ethyl adjacent to an activating group) is 1. The fraction of sp³-hybridized carbons (Fsp3) is 0.448. The molecule has 7 heteroatoms. The Morgan fingerprint density at radius 2 is 1.67 bits per heavy atom. The van der Waals surface area contributed by atoms with Gasteiger partial charge in [0, 0.05) is 37.4 Å². The quantitative estimate of drug-likeness (QED) is 0.398. The van der Waals surface area contributed by atoms with E-state index in [2.05, 4.69) is 27.3 Å². The van der Waals surface area contributed by atoms with Crippen molar-refractivity contribution in [3.8, 4) is 11.3 Å². The van der Waals surface area contributed by atoms with Crippen molar-refractivity contribution in [1.29, 1.82) is 0 Å². The van der Waals surface area contributed by atoms with Gasteiger partial charge in [0.1, 0.15) is 5.69 Å². The Bertz CT molecular complexity index is 1100. The average molecular weight is 490 g/mol. The zero-order valence-corrected chi connectivity index (χ0v) is 22.0. The van der Waals surface area contributed by atoms with E-state index in [0.29, 0.717) is 19.1 Å². The molecule has 0 aliphatic heterocycles. The molecule has 0 spiro atoms. The number of urea groups is 1. The number of nitrogens with zero attached hydrogens (tertiary/aromatic N) is 4. The Hall–Kier alpha value is -3.32. The van der Waals surface area contributed by atoms with Gasteiger partial charge in [0.15, 0.2) is 0 Å². The number of hydrogen-bond acceptors (Lipinski definition) is 5. The predicted octanol–water partition coefficient (Wildman–Crippen LogP) is 6.01. The molecule has 1 aliphatic rings. The average Bonchev–Trinajstić information content (AvgIpc) is 3.31. The molecule has 1 saturated carbocycles. The summed E-state index contributed by atoms with van der Waals surface area (Å²) in [7, 11) is 6.14. The van der Waals surface area contributed by atoms with Gasteiger partial charge in [-0.3, -0.25) is 0 Å². The topological polar surface area (TPSA) is 64.9 Å². The van der Waals surface area contributed by atoms with Crippen molar-refractivity contribution < 1.29 is 9.32 Å². The number of hydrogen-bond donors (Lipinski definition) is 1. The first-order valence-electron chi connectivity index (χ1n) is 13.0. The van der Waals surface area contributed by atoms with Crippen molar-refractivity contribution in [2.24, 2.45) is 0 Å². The first-order valence-corrected chi connectivity index (χ1v) is 13.0. The van der Waals surface area contributed by atoms with Gasteiger partial charge < -0.3 is 24.5 Å². The lowest BCUT2D eigenvalue weighted by Gasteiger charge is -2.32. The second kappa shape index (κ2) is 12.1. The van der Waals surface area contributed by atoms with Crippen molar-refractivity contribution in [1.82, 2.24) is 15.0 Å². The number of benzene rings is 2. The number of carbonyl (C=O) groups excluding carboxylic acids is 1. The van der Waals surface area contributed by atoms with Gasteiger partial charge in [-0.05, 0) is 46.0 Å². The van der Waals surface area contributed by atoms with Gasteiger partial charge in [-0.2, -0.15) is 0 Å². The molecule has 192 valence electrons. The van der Waals surface area contributed by atoms with Gasteiger partial charge in [0.25, 0.3) is 0 Å². The summed E-state index contributed by atoms with van der Waals surface area (Å²) in [6.07, 6.45) is 6.06. The maximum Gasteiger partial charge on any atom is 0.322 e. The molecule has 0 atom stereocenters. The molecule has 4 rings (SSSR count). The summed E-state index contributed by atoms with van der Waals surface area (Å²) in [5.74, 6) is 0.763. The zero-order valence-electron chi connectivity index (χ0n) is 22.0. The van der Waals surface area contributed by atoms with Crippen LogP contribution in [-0.2, 0) is 6.54 Å². The lowest BCUT2D eigenvalue weighted by atomic mass is 9.94.